The van der Waals surface area contributed by atoms with E-state index in [2.05, 4.69) is 4.72 Å². The van der Waals surface area contributed by atoms with Gasteiger partial charge in [0.05, 0.1) is 7.11 Å². The fourth-order valence-corrected chi connectivity index (χ4v) is 3.73. The van der Waals surface area contributed by atoms with Gasteiger partial charge in [0, 0.05) is 6.54 Å². The van der Waals surface area contributed by atoms with Crippen LogP contribution in [-0.4, -0.2) is 39.9 Å². The quantitative estimate of drug-likeness (QED) is 0.758. The molecule has 8 heteroatoms. The van der Waals surface area contributed by atoms with E-state index in [1.807, 2.05) is 0 Å². The van der Waals surface area contributed by atoms with Gasteiger partial charge in [0.25, 0.3) is 0 Å². The van der Waals surface area contributed by atoms with Crippen molar-refractivity contribution in [2.24, 2.45) is 0 Å². The third-order valence-corrected chi connectivity index (χ3v) is 5.59. The van der Waals surface area contributed by atoms with Crippen LogP contribution in [0, 0.1) is 0 Å². The molecule has 22 heavy (non-hydrogen) atoms. The average molecular weight is 343 g/mol. The first kappa shape index (κ1) is 16.8. The first-order valence-corrected chi connectivity index (χ1v) is 8.85. The number of rotatable bonds is 8. The Balaban J connectivity index is 1.79. The van der Waals surface area contributed by atoms with E-state index in [-0.39, 0.29) is 17.4 Å². The fourth-order valence-electron chi connectivity index (χ4n) is 1.62. The van der Waals surface area contributed by atoms with E-state index < -0.39 is 16.1 Å². The van der Waals surface area contributed by atoms with Crippen molar-refractivity contribution in [3.63, 3.8) is 0 Å². The summed E-state index contributed by atoms with van der Waals surface area (Å²) in [5.74, 6) is 1.28. The molecule has 2 aromatic rings. The highest BCUT2D eigenvalue weighted by Crippen LogP contribution is 2.17. The van der Waals surface area contributed by atoms with Gasteiger partial charge in [-0.05, 0) is 35.7 Å². The highest BCUT2D eigenvalue weighted by molar-refractivity contribution is 7.91. The van der Waals surface area contributed by atoms with E-state index in [9.17, 15) is 13.5 Å². The van der Waals surface area contributed by atoms with Crippen molar-refractivity contribution in [2.75, 3.05) is 20.3 Å². The van der Waals surface area contributed by atoms with Crippen molar-refractivity contribution in [1.82, 2.24) is 4.72 Å². The van der Waals surface area contributed by atoms with Gasteiger partial charge >= 0.3 is 0 Å². The molecule has 0 saturated heterocycles. The Morgan fingerprint density at radius 3 is 2.50 bits per heavy atom. The van der Waals surface area contributed by atoms with Crippen LogP contribution in [0.5, 0.6) is 11.5 Å². The third-order valence-electron chi connectivity index (χ3n) is 2.77. The molecule has 0 radical (unpaired) electrons. The molecule has 6 nitrogen and oxygen atoms in total. The van der Waals surface area contributed by atoms with Crippen LogP contribution in [-0.2, 0) is 10.0 Å². The maximum absolute atomic E-state index is 11.9. The molecule has 2 N–H and O–H groups in total. The number of aliphatic hydroxyl groups excluding tert-OH is 1. The van der Waals surface area contributed by atoms with Gasteiger partial charge in [0.15, 0.2) is 0 Å². The minimum Gasteiger partial charge on any atom is -0.497 e. The number of hydrogen-bond donors (Lipinski definition) is 2. The van der Waals surface area contributed by atoms with Gasteiger partial charge in [-0.25, -0.2) is 13.1 Å². The molecular formula is C14H17NO5S2. The molecular weight excluding hydrogens is 326 g/mol. The molecule has 0 aliphatic carbocycles. The normalized spacial score (nSPS) is 12.8. The van der Waals surface area contributed by atoms with Crippen LogP contribution in [0.3, 0.4) is 0 Å². The number of methoxy groups -OCH3 is 1. The zero-order chi connectivity index (χ0) is 16.0. The summed E-state index contributed by atoms with van der Waals surface area (Å²) >= 11 is 1.12. The lowest BCUT2D eigenvalue weighted by Crippen LogP contribution is -2.35. The molecule has 0 unspecified atom stereocenters. The lowest BCUT2D eigenvalue weighted by Gasteiger charge is -2.13. The molecule has 0 aliphatic rings. The average Bonchev–Trinajstić information content (AvgIpc) is 3.07. The summed E-state index contributed by atoms with van der Waals surface area (Å²) in [6.07, 6.45) is -0.947. The Kier molecular flexibility index (Phi) is 5.78. The van der Waals surface area contributed by atoms with Crippen molar-refractivity contribution in [2.45, 2.75) is 10.3 Å². The van der Waals surface area contributed by atoms with Crippen molar-refractivity contribution >= 4 is 21.4 Å². The SMILES string of the molecule is COc1ccc(OC[C@H](O)CNS(=O)(=O)c2cccs2)cc1. The second-order valence-corrected chi connectivity index (χ2v) is 7.37. The van der Waals surface area contributed by atoms with Crippen molar-refractivity contribution < 1.29 is 23.0 Å². The van der Waals surface area contributed by atoms with Gasteiger partial charge in [-0.2, -0.15) is 0 Å². The zero-order valence-corrected chi connectivity index (χ0v) is 13.6. The number of hydrogen-bond acceptors (Lipinski definition) is 6. The van der Waals surface area contributed by atoms with E-state index in [4.69, 9.17) is 9.47 Å². The summed E-state index contributed by atoms with van der Waals surface area (Å²) in [6.45, 7) is -0.129. The van der Waals surface area contributed by atoms with Crippen LogP contribution < -0.4 is 14.2 Å². The summed E-state index contributed by atoms with van der Waals surface area (Å²) in [6, 6.07) is 10.1. The largest absolute Gasteiger partial charge is 0.497 e. The predicted octanol–water partition coefficient (Wildman–Crippen LogP) is 1.47. The predicted molar refractivity (Wildman–Crippen MR) is 84.0 cm³/mol. The second kappa shape index (κ2) is 7.59. The molecule has 2 rings (SSSR count). The topological polar surface area (TPSA) is 84.9 Å². The van der Waals surface area contributed by atoms with E-state index in [1.165, 1.54) is 6.07 Å². The number of ether oxygens (including phenoxy) is 2. The molecule has 1 aromatic heterocycles. The van der Waals surface area contributed by atoms with Gasteiger partial charge in [0.1, 0.15) is 28.4 Å². The highest BCUT2D eigenvalue weighted by Gasteiger charge is 2.16. The van der Waals surface area contributed by atoms with Crippen LogP contribution in [0.2, 0.25) is 0 Å². The van der Waals surface area contributed by atoms with Crippen molar-refractivity contribution in [1.29, 1.82) is 0 Å². The number of sulfonamides is 1. The summed E-state index contributed by atoms with van der Waals surface area (Å²) < 4.78 is 36.7. The number of benzene rings is 1. The van der Waals surface area contributed by atoms with Crippen LogP contribution in [0.15, 0.2) is 46.0 Å². The first-order valence-electron chi connectivity index (χ1n) is 6.49. The Morgan fingerprint density at radius 2 is 1.91 bits per heavy atom. The highest BCUT2D eigenvalue weighted by atomic mass is 32.2. The van der Waals surface area contributed by atoms with E-state index in [0.29, 0.717) is 11.5 Å². The first-order chi connectivity index (χ1) is 10.5. The Labute approximate surface area is 133 Å². The summed E-state index contributed by atoms with van der Waals surface area (Å²) in [5, 5.41) is 11.5. The molecule has 1 aromatic carbocycles. The molecule has 0 fully saturated rings. The van der Waals surface area contributed by atoms with Gasteiger partial charge in [-0.1, -0.05) is 6.07 Å². The molecule has 120 valence electrons. The maximum Gasteiger partial charge on any atom is 0.250 e. The molecule has 0 saturated carbocycles. The minimum atomic E-state index is -3.57. The summed E-state index contributed by atoms with van der Waals surface area (Å²) in [5.41, 5.74) is 0. The van der Waals surface area contributed by atoms with Gasteiger partial charge in [-0.15, -0.1) is 11.3 Å². The van der Waals surface area contributed by atoms with Crippen LogP contribution in [0.4, 0.5) is 0 Å². The summed E-state index contributed by atoms with van der Waals surface area (Å²) in [7, 11) is -2.00. The Bertz CT molecular complexity index is 668. The smallest absolute Gasteiger partial charge is 0.250 e. The van der Waals surface area contributed by atoms with Crippen molar-refractivity contribution in [3.8, 4) is 11.5 Å². The molecule has 0 aliphatic heterocycles. The molecule has 0 bridgehead atoms. The van der Waals surface area contributed by atoms with Gasteiger partial charge in [0.2, 0.25) is 10.0 Å². The van der Waals surface area contributed by atoms with Crippen LogP contribution >= 0.6 is 11.3 Å². The fraction of sp³-hybridized carbons (Fsp3) is 0.286. The molecule has 1 heterocycles. The second-order valence-electron chi connectivity index (χ2n) is 4.42. The lowest BCUT2D eigenvalue weighted by molar-refractivity contribution is 0.111. The number of aliphatic hydroxyl groups is 1. The monoisotopic (exact) mass is 343 g/mol. The Morgan fingerprint density at radius 1 is 1.23 bits per heavy atom. The van der Waals surface area contributed by atoms with Crippen molar-refractivity contribution in [3.05, 3.63) is 41.8 Å². The van der Waals surface area contributed by atoms with E-state index in [0.717, 1.165) is 11.3 Å². The third kappa shape index (κ3) is 4.70. The standard InChI is InChI=1S/C14H17NO5S2/c1-19-12-4-6-13(7-5-12)20-10-11(16)9-15-22(17,18)14-3-2-8-21-14/h2-8,11,15-16H,9-10H2,1H3/t11-/m1/s1. The van der Waals surface area contributed by atoms with Gasteiger partial charge < -0.3 is 14.6 Å². The number of nitrogens with one attached hydrogen (secondary N) is 1. The van der Waals surface area contributed by atoms with Gasteiger partial charge in [-0.3, -0.25) is 0 Å². The molecule has 1 atom stereocenters. The molecule has 0 amide bonds. The maximum atomic E-state index is 11.9. The lowest BCUT2D eigenvalue weighted by atomic mass is 10.3. The van der Waals surface area contributed by atoms with E-state index >= 15 is 0 Å². The Hall–Kier alpha value is -1.61. The molecule has 0 spiro atoms. The van der Waals surface area contributed by atoms with Crippen LogP contribution in [0.25, 0.3) is 0 Å². The van der Waals surface area contributed by atoms with E-state index in [1.54, 1.807) is 42.8 Å². The summed E-state index contributed by atoms with van der Waals surface area (Å²) in [4.78, 5) is 0. The number of thiophene rings is 1. The van der Waals surface area contributed by atoms with Crippen LogP contribution in [0.1, 0.15) is 0 Å². The zero-order valence-electron chi connectivity index (χ0n) is 11.9. The minimum absolute atomic E-state index is 0.0146.